The first-order valence-corrected chi connectivity index (χ1v) is 10.2. The van der Waals surface area contributed by atoms with Crippen molar-refractivity contribution < 1.29 is 9.53 Å². The molecule has 0 spiro atoms. The summed E-state index contributed by atoms with van der Waals surface area (Å²) >= 11 is 0. The van der Waals surface area contributed by atoms with Crippen molar-refractivity contribution in [3.8, 4) is 0 Å². The Kier molecular flexibility index (Phi) is 9.79. The molecule has 0 saturated carbocycles. The lowest BCUT2D eigenvalue weighted by Crippen LogP contribution is -2.48. The van der Waals surface area contributed by atoms with Crippen molar-refractivity contribution in [1.29, 1.82) is 0 Å². The van der Waals surface area contributed by atoms with E-state index >= 15 is 0 Å². The quantitative estimate of drug-likeness (QED) is 0.337. The molecule has 1 amide bonds. The van der Waals surface area contributed by atoms with Crippen LogP contribution in [0.3, 0.4) is 0 Å². The van der Waals surface area contributed by atoms with Crippen LogP contribution in [0.1, 0.15) is 30.9 Å². The number of nitrogens with zero attached hydrogens (tertiary/aromatic N) is 2. The van der Waals surface area contributed by atoms with Gasteiger partial charge in [-0.05, 0) is 37.8 Å². The maximum atomic E-state index is 11.8. The lowest BCUT2D eigenvalue weighted by Gasteiger charge is -2.33. The van der Waals surface area contributed by atoms with E-state index in [-0.39, 0.29) is 12.5 Å². The van der Waals surface area contributed by atoms with Gasteiger partial charge in [0.25, 0.3) is 0 Å². The van der Waals surface area contributed by atoms with Crippen molar-refractivity contribution >= 4 is 11.9 Å². The van der Waals surface area contributed by atoms with Gasteiger partial charge < -0.3 is 20.7 Å². The van der Waals surface area contributed by atoms with E-state index in [1.807, 2.05) is 6.92 Å². The third kappa shape index (κ3) is 7.86. The van der Waals surface area contributed by atoms with Gasteiger partial charge in [0.2, 0.25) is 5.91 Å². The summed E-state index contributed by atoms with van der Waals surface area (Å²) < 4.78 is 4.93. The van der Waals surface area contributed by atoms with Crippen LogP contribution in [0.2, 0.25) is 0 Å². The molecule has 0 aromatic heterocycles. The number of nitrogens with one attached hydrogen (secondary N) is 3. The first-order chi connectivity index (χ1) is 13.6. The number of hydrogen-bond donors (Lipinski definition) is 3. The van der Waals surface area contributed by atoms with Gasteiger partial charge >= 0.3 is 0 Å². The monoisotopic (exact) mass is 389 g/mol. The van der Waals surface area contributed by atoms with E-state index < -0.39 is 0 Å². The fourth-order valence-electron chi connectivity index (χ4n) is 3.28. The zero-order valence-corrected chi connectivity index (χ0v) is 17.5. The lowest BCUT2D eigenvalue weighted by atomic mass is 10.0. The van der Waals surface area contributed by atoms with Crippen LogP contribution >= 0.6 is 0 Å². The number of amides is 1. The zero-order chi connectivity index (χ0) is 20.2. The molecule has 0 atom stereocenters. The molecule has 28 heavy (non-hydrogen) atoms. The Labute approximate surface area is 168 Å². The molecule has 0 aliphatic carbocycles. The van der Waals surface area contributed by atoms with Crippen LogP contribution in [0.25, 0.3) is 0 Å². The third-order valence-electron chi connectivity index (χ3n) is 4.94. The van der Waals surface area contributed by atoms with E-state index in [0.29, 0.717) is 25.2 Å². The Morgan fingerprint density at radius 2 is 2.00 bits per heavy atom. The maximum Gasteiger partial charge on any atom is 0.241 e. The highest BCUT2D eigenvalue weighted by Gasteiger charge is 2.20. The van der Waals surface area contributed by atoms with E-state index in [2.05, 4.69) is 57.0 Å². The average molecular weight is 390 g/mol. The highest BCUT2D eigenvalue weighted by atomic mass is 16.5. The SMILES string of the molecule is CCNC(=NCC(=O)NCCOC)NC1CCN(Cc2ccccc2C)CC1. The molecule has 7 heteroatoms. The number of aryl methyl sites for hydroxylation is 1. The number of piperidine rings is 1. The first kappa shape index (κ1) is 22.2. The van der Waals surface area contributed by atoms with Crippen molar-refractivity contribution in [2.75, 3.05) is 46.4 Å². The van der Waals surface area contributed by atoms with Crippen LogP contribution < -0.4 is 16.0 Å². The molecule has 1 fully saturated rings. The number of hydrogen-bond acceptors (Lipinski definition) is 4. The molecule has 1 aromatic carbocycles. The Hall–Kier alpha value is -2.12. The standard InChI is InChI=1S/C21H35N5O2/c1-4-22-21(24-15-20(27)23-11-14-28-3)25-19-9-12-26(13-10-19)16-18-8-6-5-7-17(18)2/h5-8,19H,4,9-16H2,1-3H3,(H,23,27)(H2,22,24,25). The number of aliphatic imine (C=N–C) groups is 1. The van der Waals surface area contributed by atoms with Crippen LogP contribution in [0.4, 0.5) is 0 Å². The molecule has 1 aliphatic rings. The molecule has 1 aromatic rings. The molecule has 2 rings (SSSR count). The van der Waals surface area contributed by atoms with Crippen molar-refractivity contribution in [1.82, 2.24) is 20.9 Å². The number of methoxy groups -OCH3 is 1. The number of rotatable bonds is 9. The van der Waals surface area contributed by atoms with Crippen LogP contribution in [-0.4, -0.2) is 69.2 Å². The van der Waals surface area contributed by atoms with Gasteiger partial charge in [-0.1, -0.05) is 24.3 Å². The van der Waals surface area contributed by atoms with E-state index in [9.17, 15) is 4.79 Å². The summed E-state index contributed by atoms with van der Waals surface area (Å²) in [4.78, 5) is 18.7. The Morgan fingerprint density at radius 3 is 2.68 bits per heavy atom. The summed E-state index contributed by atoms with van der Waals surface area (Å²) in [6.45, 7) is 9.23. The minimum atomic E-state index is -0.0951. The van der Waals surface area contributed by atoms with Crippen LogP contribution in [0.15, 0.2) is 29.3 Å². The average Bonchev–Trinajstić information content (AvgIpc) is 2.70. The number of carbonyl (C=O) groups excluding carboxylic acids is 1. The summed E-state index contributed by atoms with van der Waals surface area (Å²) in [5.74, 6) is 0.615. The number of benzene rings is 1. The zero-order valence-electron chi connectivity index (χ0n) is 17.5. The molecule has 0 radical (unpaired) electrons. The van der Waals surface area contributed by atoms with Crippen molar-refractivity contribution in [2.24, 2.45) is 4.99 Å². The molecule has 1 aliphatic heterocycles. The van der Waals surface area contributed by atoms with Gasteiger partial charge in [-0.3, -0.25) is 9.69 Å². The van der Waals surface area contributed by atoms with Gasteiger partial charge in [0.1, 0.15) is 6.54 Å². The number of guanidine groups is 1. The molecular weight excluding hydrogens is 354 g/mol. The van der Waals surface area contributed by atoms with E-state index in [4.69, 9.17) is 4.74 Å². The highest BCUT2D eigenvalue weighted by Crippen LogP contribution is 2.16. The third-order valence-corrected chi connectivity index (χ3v) is 4.94. The second-order valence-corrected chi connectivity index (χ2v) is 7.16. The molecular formula is C21H35N5O2. The fourth-order valence-corrected chi connectivity index (χ4v) is 3.28. The highest BCUT2D eigenvalue weighted by molar-refractivity contribution is 5.85. The van der Waals surface area contributed by atoms with Crippen molar-refractivity contribution in [3.63, 3.8) is 0 Å². The molecule has 0 bridgehead atoms. The Balaban J connectivity index is 1.77. The van der Waals surface area contributed by atoms with Gasteiger partial charge in [-0.15, -0.1) is 0 Å². The second-order valence-electron chi connectivity index (χ2n) is 7.16. The lowest BCUT2D eigenvalue weighted by molar-refractivity contribution is -0.119. The topological polar surface area (TPSA) is 78.0 Å². The first-order valence-electron chi connectivity index (χ1n) is 10.2. The predicted molar refractivity (Wildman–Crippen MR) is 113 cm³/mol. The largest absolute Gasteiger partial charge is 0.383 e. The summed E-state index contributed by atoms with van der Waals surface area (Å²) in [6, 6.07) is 8.97. The smallest absolute Gasteiger partial charge is 0.241 e. The van der Waals surface area contributed by atoms with Crippen molar-refractivity contribution in [2.45, 2.75) is 39.3 Å². The molecule has 0 unspecified atom stereocenters. The Morgan fingerprint density at radius 1 is 1.25 bits per heavy atom. The molecule has 1 saturated heterocycles. The normalized spacial score (nSPS) is 16.0. The van der Waals surface area contributed by atoms with Gasteiger partial charge in [0.05, 0.1) is 6.61 Å². The maximum absolute atomic E-state index is 11.8. The number of likely N-dealkylation sites (tertiary alicyclic amines) is 1. The summed E-state index contributed by atoms with van der Waals surface area (Å²) in [5.41, 5.74) is 2.76. The van der Waals surface area contributed by atoms with Crippen molar-refractivity contribution in [3.05, 3.63) is 35.4 Å². The van der Waals surface area contributed by atoms with Crippen LogP contribution in [0.5, 0.6) is 0 Å². The molecule has 1 heterocycles. The van der Waals surface area contributed by atoms with E-state index in [1.165, 1.54) is 11.1 Å². The van der Waals surface area contributed by atoms with Gasteiger partial charge in [-0.25, -0.2) is 4.99 Å². The summed E-state index contributed by atoms with van der Waals surface area (Å²) in [7, 11) is 1.61. The molecule has 7 nitrogen and oxygen atoms in total. The molecule has 3 N–H and O–H groups in total. The minimum absolute atomic E-state index is 0.0951. The van der Waals surface area contributed by atoms with E-state index in [1.54, 1.807) is 7.11 Å². The predicted octanol–water partition coefficient (Wildman–Crippen LogP) is 1.28. The number of ether oxygens (including phenoxy) is 1. The van der Waals surface area contributed by atoms with E-state index in [0.717, 1.165) is 39.0 Å². The summed E-state index contributed by atoms with van der Waals surface area (Å²) in [5, 5.41) is 9.50. The minimum Gasteiger partial charge on any atom is -0.383 e. The second kappa shape index (κ2) is 12.4. The Bertz CT molecular complexity index is 627. The van der Waals surface area contributed by atoms with Crippen LogP contribution in [0, 0.1) is 6.92 Å². The fraction of sp³-hybridized carbons (Fsp3) is 0.619. The molecule has 156 valence electrons. The van der Waals surface area contributed by atoms with Crippen LogP contribution in [-0.2, 0) is 16.1 Å². The summed E-state index contributed by atoms with van der Waals surface area (Å²) in [6.07, 6.45) is 2.13. The van der Waals surface area contributed by atoms with Gasteiger partial charge in [-0.2, -0.15) is 0 Å². The van der Waals surface area contributed by atoms with Gasteiger partial charge in [0.15, 0.2) is 5.96 Å². The number of carbonyl (C=O) groups is 1. The van der Waals surface area contributed by atoms with Gasteiger partial charge in [0, 0.05) is 45.9 Å².